The molecule has 0 atom stereocenters. The Morgan fingerprint density at radius 2 is 0.918 bits per heavy atom. The predicted molar refractivity (Wildman–Crippen MR) is 257 cm³/mol. The molecule has 0 bridgehead atoms. The van der Waals surface area contributed by atoms with E-state index in [-0.39, 0.29) is 0 Å². The summed E-state index contributed by atoms with van der Waals surface area (Å²) in [5, 5.41) is 7.03. The maximum atomic E-state index is 7.17. The van der Waals surface area contributed by atoms with Gasteiger partial charge in [0.2, 0.25) is 0 Å². The number of benzene rings is 10. The number of furan rings is 1. The highest BCUT2D eigenvalue weighted by Crippen LogP contribution is 2.47. The summed E-state index contributed by atoms with van der Waals surface area (Å²) >= 11 is 0. The SMILES string of the molecule is c1ccc(-c2ccc(N(c3cccc(-c4ccccc4)c3)c3cccc4c3oc3cc(-c5ccc6c7ccccc7n(-c7ccccc7)c6c5)c5ccccc5c34)cc2)cc1. The number of aromatic nitrogens is 1. The van der Waals surface area contributed by atoms with Crippen molar-refractivity contribution in [3.05, 3.63) is 231 Å². The van der Waals surface area contributed by atoms with Gasteiger partial charge in [-0.15, -0.1) is 0 Å². The first-order valence-corrected chi connectivity index (χ1v) is 20.8. The van der Waals surface area contributed by atoms with Gasteiger partial charge in [-0.3, -0.25) is 0 Å². The number of rotatable bonds is 7. The predicted octanol–water partition coefficient (Wildman–Crippen LogP) is 16.3. The second-order valence-electron chi connectivity index (χ2n) is 15.7. The van der Waals surface area contributed by atoms with E-state index in [9.17, 15) is 0 Å². The lowest BCUT2D eigenvalue weighted by Gasteiger charge is -2.26. The molecule has 3 heteroatoms. The number of hydrogen-bond acceptors (Lipinski definition) is 2. The number of anilines is 3. The van der Waals surface area contributed by atoms with Crippen LogP contribution >= 0.6 is 0 Å². The monoisotopic (exact) mass is 778 g/mol. The minimum atomic E-state index is 0.844. The van der Waals surface area contributed by atoms with Crippen LogP contribution in [0.1, 0.15) is 0 Å². The van der Waals surface area contributed by atoms with Crippen LogP contribution in [0.5, 0.6) is 0 Å². The van der Waals surface area contributed by atoms with E-state index in [1.165, 1.54) is 49.3 Å². The summed E-state index contributed by atoms with van der Waals surface area (Å²) in [5.74, 6) is 0. The molecule has 2 heterocycles. The van der Waals surface area contributed by atoms with Crippen molar-refractivity contribution in [3.8, 4) is 39.1 Å². The first-order chi connectivity index (χ1) is 30.3. The third-order valence-electron chi connectivity index (χ3n) is 12.2. The third-order valence-corrected chi connectivity index (χ3v) is 12.2. The van der Waals surface area contributed by atoms with E-state index in [1.807, 2.05) is 0 Å². The summed E-state index contributed by atoms with van der Waals surface area (Å²) in [4.78, 5) is 2.34. The summed E-state index contributed by atoms with van der Waals surface area (Å²) in [7, 11) is 0. The number of nitrogens with zero attached hydrogens (tertiary/aromatic N) is 2. The Kier molecular flexibility index (Phi) is 8.17. The van der Waals surface area contributed by atoms with Gasteiger partial charge in [-0.05, 0) is 105 Å². The van der Waals surface area contributed by atoms with Crippen molar-refractivity contribution >= 4 is 71.6 Å². The van der Waals surface area contributed by atoms with Gasteiger partial charge in [-0.2, -0.15) is 0 Å². The molecule has 0 amide bonds. The summed E-state index contributed by atoms with van der Waals surface area (Å²) in [5.41, 5.74) is 15.3. The molecule has 2 aromatic heterocycles. The van der Waals surface area contributed by atoms with Gasteiger partial charge in [0, 0.05) is 38.6 Å². The highest BCUT2D eigenvalue weighted by Gasteiger charge is 2.23. The van der Waals surface area contributed by atoms with Gasteiger partial charge >= 0.3 is 0 Å². The maximum absolute atomic E-state index is 7.17. The van der Waals surface area contributed by atoms with Gasteiger partial charge < -0.3 is 13.9 Å². The smallest absolute Gasteiger partial charge is 0.159 e. The van der Waals surface area contributed by atoms with Gasteiger partial charge in [-0.1, -0.05) is 170 Å². The van der Waals surface area contributed by atoms with Gasteiger partial charge in [0.15, 0.2) is 5.58 Å². The number of hydrogen-bond donors (Lipinski definition) is 0. The molecule has 3 nitrogen and oxygen atoms in total. The zero-order valence-corrected chi connectivity index (χ0v) is 33.2. The van der Waals surface area contributed by atoms with E-state index in [1.54, 1.807) is 0 Å². The molecule has 10 aromatic carbocycles. The van der Waals surface area contributed by atoms with Crippen LogP contribution in [0.3, 0.4) is 0 Å². The molecule has 0 unspecified atom stereocenters. The summed E-state index contributed by atoms with van der Waals surface area (Å²) in [6.07, 6.45) is 0. The molecular weight excluding hydrogens is 741 g/mol. The lowest BCUT2D eigenvalue weighted by molar-refractivity contribution is 0.669. The topological polar surface area (TPSA) is 21.3 Å². The van der Waals surface area contributed by atoms with E-state index in [2.05, 4.69) is 240 Å². The molecule has 12 aromatic rings. The summed E-state index contributed by atoms with van der Waals surface area (Å²) in [6.45, 7) is 0. The Labute approximate surface area is 353 Å². The Balaban J connectivity index is 1.07. The molecule has 0 aliphatic rings. The van der Waals surface area contributed by atoms with Gasteiger partial charge in [-0.25, -0.2) is 0 Å². The Morgan fingerprint density at radius 3 is 1.69 bits per heavy atom. The Bertz CT molecular complexity index is 3570. The van der Waals surface area contributed by atoms with Crippen molar-refractivity contribution in [1.82, 2.24) is 4.57 Å². The van der Waals surface area contributed by atoms with E-state index in [4.69, 9.17) is 4.42 Å². The van der Waals surface area contributed by atoms with Crippen molar-refractivity contribution in [2.45, 2.75) is 0 Å². The molecule has 12 rings (SSSR count). The number of fused-ring (bicyclic) bond motifs is 8. The van der Waals surface area contributed by atoms with Gasteiger partial charge in [0.25, 0.3) is 0 Å². The maximum Gasteiger partial charge on any atom is 0.159 e. The zero-order chi connectivity index (χ0) is 40.3. The first-order valence-electron chi connectivity index (χ1n) is 20.8. The fraction of sp³-hybridized carbons (Fsp3) is 0. The molecule has 0 N–H and O–H groups in total. The highest BCUT2D eigenvalue weighted by atomic mass is 16.3. The fourth-order valence-electron chi connectivity index (χ4n) is 9.37. The lowest BCUT2D eigenvalue weighted by Crippen LogP contribution is -2.10. The van der Waals surface area contributed by atoms with E-state index >= 15 is 0 Å². The van der Waals surface area contributed by atoms with Gasteiger partial charge in [0.05, 0.1) is 16.7 Å². The van der Waals surface area contributed by atoms with Crippen LogP contribution in [0.15, 0.2) is 235 Å². The molecule has 61 heavy (non-hydrogen) atoms. The fourth-order valence-corrected chi connectivity index (χ4v) is 9.37. The van der Waals surface area contributed by atoms with Crippen LogP contribution in [0, 0.1) is 0 Å². The minimum absolute atomic E-state index is 0.844. The van der Waals surface area contributed by atoms with E-state index in [0.29, 0.717) is 0 Å². The van der Waals surface area contributed by atoms with Crippen molar-refractivity contribution in [3.63, 3.8) is 0 Å². The molecule has 0 spiro atoms. The van der Waals surface area contributed by atoms with Crippen LogP contribution in [-0.4, -0.2) is 4.57 Å². The van der Waals surface area contributed by atoms with Crippen LogP contribution in [0.2, 0.25) is 0 Å². The quantitative estimate of drug-likeness (QED) is 0.161. The van der Waals surface area contributed by atoms with Crippen LogP contribution in [0.25, 0.3) is 93.6 Å². The highest BCUT2D eigenvalue weighted by molar-refractivity contribution is 6.24. The second-order valence-corrected chi connectivity index (χ2v) is 15.7. The van der Waals surface area contributed by atoms with Crippen molar-refractivity contribution < 1.29 is 4.42 Å². The molecule has 0 saturated carbocycles. The number of para-hydroxylation sites is 3. The normalized spacial score (nSPS) is 11.6. The van der Waals surface area contributed by atoms with Crippen molar-refractivity contribution in [2.75, 3.05) is 4.90 Å². The summed E-state index contributed by atoms with van der Waals surface area (Å²) < 4.78 is 9.55. The standard InChI is InChI=1S/C58H38N2O/c1-4-16-39(17-5-1)41-30-33-45(34-31-41)59(46-23-14-20-42(36-46)40-18-6-2-7-19-40)54-29-15-27-51-57-50-26-11-10-24-47(50)52(38-56(57)61-58(51)54)43-32-35-49-48-25-12-13-28-53(48)60(55(49)37-43)44-21-8-3-9-22-44/h1-38H. The van der Waals surface area contributed by atoms with E-state index in [0.717, 1.165) is 61.4 Å². The first kappa shape index (κ1) is 34.9. The summed E-state index contributed by atoms with van der Waals surface area (Å²) in [6, 6.07) is 82.7. The second kappa shape index (κ2) is 14.3. The van der Waals surface area contributed by atoms with E-state index < -0.39 is 0 Å². The third kappa shape index (κ3) is 5.82. The van der Waals surface area contributed by atoms with Crippen LogP contribution < -0.4 is 4.90 Å². The molecule has 0 aliphatic heterocycles. The molecule has 0 aliphatic carbocycles. The average Bonchev–Trinajstić information content (AvgIpc) is 3.89. The van der Waals surface area contributed by atoms with Crippen molar-refractivity contribution in [1.29, 1.82) is 0 Å². The minimum Gasteiger partial charge on any atom is -0.454 e. The van der Waals surface area contributed by atoms with Crippen LogP contribution in [0.4, 0.5) is 17.1 Å². The molecule has 0 fully saturated rings. The van der Waals surface area contributed by atoms with Gasteiger partial charge in [0.1, 0.15) is 5.58 Å². The molecule has 286 valence electrons. The lowest BCUT2D eigenvalue weighted by atomic mass is 9.94. The van der Waals surface area contributed by atoms with Crippen molar-refractivity contribution in [2.24, 2.45) is 0 Å². The molecule has 0 radical (unpaired) electrons. The zero-order valence-electron chi connectivity index (χ0n) is 33.2. The molecule has 0 saturated heterocycles. The Hall–Kier alpha value is -8.14. The Morgan fingerprint density at radius 1 is 0.344 bits per heavy atom. The van der Waals surface area contributed by atoms with Crippen LogP contribution in [-0.2, 0) is 0 Å². The largest absolute Gasteiger partial charge is 0.454 e. The average molecular weight is 779 g/mol. The molecular formula is C58H38N2O.